The average Bonchev–Trinajstić information content (AvgIpc) is 2.36. The second-order valence-corrected chi connectivity index (χ2v) is 5.03. The first-order chi connectivity index (χ1) is 8.29. The van der Waals surface area contributed by atoms with Crippen molar-refractivity contribution in [3.05, 3.63) is 12.7 Å². The van der Waals surface area contributed by atoms with Crippen LogP contribution in [0.2, 0.25) is 0 Å². The Kier molecular flexibility index (Phi) is 6.83. The highest BCUT2D eigenvalue weighted by molar-refractivity contribution is 4.96. The summed E-state index contributed by atoms with van der Waals surface area (Å²) in [5, 5.41) is 3.64. The third kappa shape index (κ3) is 4.11. The second-order valence-electron chi connectivity index (χ2n) is 5.03. The molecule has 0 aromatic heterocycles. The van der Waals surface area contributed by atoms with Crippen molar-refractivity contribution in [1.82, 2.24) is 5.32 Å². The monoisotopic (exact) mass is 239 g/mol. The number of likely N-dealkylation sites (N-methyl/N-ethyl adjacent to an activating group) is 1. The van der Waals surface area contributed by atoms with Gasteiger partial charge in [0.2, 0.25) is 0 Å². The molecule has 2 heteroatoms. The van der Waals surface area contributed by atoms with Crippen LogP contribution in [0.5, 0.6) is 0 Å². The molecule has 100 valence electrons. The molecule has 0 aromatic rings. The molecule has 1 aliphatic carbocycles. The predicted molar refractivity (Wildman–Crippen MR) is 74.3 cm³/mol. The highest BCUT2D eigenvalue weighted by Crippen LogP contribution is 2.36. The van der Waals surface area contributed by atoms with Crippen LogP contribution in [0.25, 0.3) is 0 Å². The Bertz CT molecular complexity index is 203. The molecular formula is C15H29NO. The molecule has 0 amide bonds. The Hall–Kier alpha value is -0.340. The lowest BCUT2D eigenvalue weighted by Gasteiger charge is -2.43. The molecule has 0 heterocycles. The number of allylic oxidation sites excluding steroid dienone is 1. The molecule has 1 N–H and O–H groups in total. The van der Waals surface area contributed by atoms with Gasteiger partial charge < -0.3 is 10.1 Å². The maximum atomic E-state index is 6.19. The molecule has 1 aliphatic rings. The first kappa shape index (κ1) is 14.7. The molecule has 0 bridgehead atoms. The number of nitrogens with one attached hydrogen (secondary N) is 1. The van der Waals surface area contributed by atoms with Gasteiger partial charge in [0.15, 0.2) is 0 Å². The number of ether oxygens (including phenoxy) is 1. The fourth-order valence-corrected chi connectivity index (χ4v) is 3.11. The van der Waals surface area contributed by atoms with Crippen LogP contribution in [0.4, 0.5) is 0 Å². The Morgan fingerprint density at radius 1 is 1.29 bits per heavy atom. The number of rotatable bonds is 8. The lowest BCUT2D eigenvalue weighted by Crippen LogP contribution is -2.53. The van der Waals surface area contributed by atoms with Gasteiger partial charge in [0.05, 0.1) is 5.60 Å². The molecule has 0 aliphatic heterocycles. The van der Waals surface area contributed by atoms with Gasteiger partial charge in [0, 0.05) is 12.6 Å². The minimum absolute atomic E-state index is 0.0893. The smallest absolute Gasteiger partial charge is 0.0834 e. The van der Waals surface area contributed by atoms with Crippen LogP contribution in [0.3, 0.4) is 0 Å². The van der Waals surface area contributed by atoms with Gasteiger partial charge in [-0.1, -0.05) is 32.3 Å². The summed E-state index contributed by atoms with van der Waals surface area (Å²) in [4.78, 5) is 0. The quantitative estimate of drug-likeness (QED) is 0.653. The molecular weight excluding hydrogens is 210 g/mol. The van der Waals surface area contributed by atoms with E-state index in [4.69, 9.17) is 4.74 Å². The van der Waals surface area contributed by atoms with Gasteiger partial charge >= 0.3 is 0 Å². The van der Waals surface area contributed by atoms with Crippen molar-refractivity contribution >= 4 is 0 Å². The molecule has 17 heavy (non-hydrogen) atoms. The van der Waals surface area contributed by atoms with Gasteiger partial charge in [0.25, 0.3) is 0 Å². The van der Waals surface area contributed by atoms with E-state index in [9.17, 15) is 0 Å². The first-order valence-corrected chi connectivity index (χ1v) is 7.27. The van der Waals surface area contributed by atoms with Gasteiger partial charge in [-0.25, -0.2) is 0 Å². The normalized spacial score (nSPS) is 21.1. The summed E-state index contributed by atoms with van der Waals surface area (Å²) < 4.78 is 6.19. The van der Waals surface area contributed by atoms with Crippen molar-refractivity contribution in [3.8, 4) is 0 Å². The molecule has 1 saturated carbocycles. The molecule has 1 atom stereocenters. The van der Waals surface area contributed by atoms with Crippen LogP contribution in [-0.2, 0) is 4.74 Å². The van der Waals surface area contributed by atoms with Gasteiger partial charge in [-0.05, 0) is 39.2 Å². The number of hydrogen-bond acceptors (Lipinski definition) is 2. The van der Waals surface area contributed by atoms with E-state index in [-0.39, 0.29) is 5.60 Å². The molecule has 1 fully saturated rings. The van der Waals surface area contributed by atoms with E-state index >= 15 is 0 Å². The van der Waals surface area contributed by atoms with Crippen molar-refractivity contribution < 1.29 is 4.74 Å². The summed E-state index contributed by atoms with van der Waals surface area (Å²) in [6, 6.07) is 0.491. The Balaban J connectivity index is 2.70. The third-order valence-corrected chi connectivity index (χ3v) is 3.88. The van der Waals surface area contributed by atoms with Crippen LogP contribution < -0.4 is 5.32 Å². The predicted octanol–water partition coefficient (Wildman–Crippen LogP) is 3.67. The van der Waals surface area contributed by atoms with E-state index in [0.717, 1.165) is 26.0 Å². The fraction of sp³-hybridized carbons (Fsp3) is 0.867. The zero-order valence-electron chi connectivity index (χ0n) is 11.6. The summed E-state index contributed by atoms with van der Waals surface area (Å²) in [6.07, 6.45) is 10.7. The SMILES string of the molecule is C=CCCC(NCC)C1(OCC)CCCCC1. The van der Waals surface area contributed by atoms with Gasteiger partial charge in [-0.2, -0.15) is 0 Å². The van der Waals surface area contributed by atoms with E-state index in [1.807, 2.05) is 6.08 Å². The molecule has 0 radical (unpaired) electrons. The average molecular weight is 239 g/mol. The van der Waals surface area contributed by atoms with Crippen LogP contribution >= 0.6 is 0 Å². The van der Waals surface area contributed by atoms with E-state index in [2.05, 4.69) is 25.7 Å². The Labute approximate surface area is 107 Å². The Morgan fingerprint density at radius 3 is 2.53 bits per heavy atom. The summed E-state index contributed by atoms with van der Waals surface area (Å²) >= 11 is 0. The van der Waals surface area contributed by atoms with Crippen LogP contribution in [0.1, 0.15) is 58.8 Å². The molecule has 0 saturated heterocycles. The van der Waals surface area contributed by atoms with Crippen molar-refractivity contribution in [3.63, 3.8) is 0 Å². The molecule has 0 spiro atoms. The van der Waals surface area contributed by atoms with Crippen LogP contribution in [-0.4, -0.2) is 24.8 Å². The minimum atomic E-state index is 0.0893. The summed E-state index contributed by atoms with van der Waals surface area (Å²) in [5.74, 6) is 0. The number of hydrogen-bond donors (Lipinski definition) is 1. The lowest BCUT2D eigenvalue weighted by molar-refractivity contribution is -0.0910. The molecule has 1 unspecified atom stereocenters. The van der Waals surface area contributed by atoms with Gasteiger partial charge in [-0.15, -0.1) is 6.58 Å². The summed E-state index contributed by atoms with van der Waals surface area (Å²) in [5.41, 5.74) is 0.0893. The van der Waals surface area contributed by atoms with Crippen molar-refractivity contribution in [2.75, 3.05) is 13.2 Å². The van der Waals surface area contributed by atoms with Crippen molar-refractivity contribution in [2.24, 2.45) is 0 Å². The fourth-order valence-electron chi connectivity index (χ4n) is 3.11. The van der Waals surface area contributed by atoms with Gasteiger partial charge in [-0.3, -0.25) is 0 Å². The first-order valence-electron chi connectivity index (χ1n) is 7.27. The van der Waals surface area contributed by atoms with Crippen LogP contribution in [0, 0.1) is 0 Å². The highest BCUT2D eigenvalue weighted by atomic mass is 16.5. The molecule has 0 aromatic carbocycles. The van der Waals surface area contributed by atoms with Crippen molar-refractivity contribution in [1.29, 1.82) is 0 Å². The standard InChI is InChI=1S/C15H29NO/c1-4-7-11-14(16-5-2)15(17-6-3)12-9-8-10-13-15/h4,14,16H,1,5-13H2,2-3H3. The highest BCUT2D eigenvalue weighted by Gasteiger charge is 2.39. The van der Waals surface area contributed by atoms with Crippen LogP contribution in [0.15, 0.2) is 12.7 Å². The minimum Gasteiger partial charge on any atom is -0.374 e. The molecule has 1 rings (SSSR count). The lowest BCUT2D eigenvalue weighted by atomic mass is 9.77. The topological polar surface area (TPSA) is 21.3 Å². The zero-order chi connectivity index (χ0) is 12.6. The second kappa shape index (κ2) is 7.88. The maximum Gasteiger partial charge on any atom is 0.0834 e. The Morgan fingerprint density at radius 2 is 2.00 bits per heavy atom. The van der Waals surface area contributed by atoms with Gasteiger partial charge in [0.1, 0.15) is 0 Å². The molecule has 2 nitrogen and oxygen atoms in total. The maximum absolute atomic E-state index is 6.19. The van der Waals surface area contributed by atoms with E-state index < -0.39 is 0 Å². The third-order valence-electron chi connectivity index (χ3n) is 3.88. The van der Waals surface area contributed by atoms with E-state index in [1.54, 1.807) is 0 Å². The van der Waals surface area contributed by atoms with Crippen molar-refractivity contribution in [2.45, 2.75) is 70.4 Å². The van der Waals surface area contributed by atoms with E-state index in [0.29, 0.717) is 6.04 Å². The van der Waals surface area contributed by atoms with E-state index in [1.165, 1.54) is 32.1 Å². The zero-order valence-corrected chi connectivity index (χ0v) is 11.6. The summed E-state index contributed by atoms with van der Waals surface area (Å²) in [7, 11) is 0. The summed E-state index contributed by atoms with van der Waals surface area (Å²) in [6.45, 7) is 9.99. The largest absolute Gasteiger partial charge is 0.374 e.